The third kappa shape index (κ3) is 3.41. The Morgan fingerprint density at radius 1 is 1.30 bits per heavy atom. The van der Waals surface area contributed by atoms with E-state index in [0.717, 1.165) is 11.6 Å². The lowest BCUT2D eigenvalue weighted by Crippen LogP contribution is -2.31. The van der Waals surface area contributed by atoms with E-state index in [1.54, 1.807) is 12.1 Å². The molecule has 0 saturated carbocycles. The van der Waals surface area contributed by atoms with E-state index < -0.39 is 17.8 Å². The van der Waals surface area contributed by atoms with Gasteiger partial charge in [-0.15, -0.1) is 0 Å². The number of hydrogen-bond donors (Lipinski definition) is 2. The lowest BCUT2D eigenvalue weighted by atomic mass is 9.96. The van der Waals surface area contributed by atoms with E-state index in [-0.39, 0.29) is 5.56 Å². The van der Waals surface area contributed by atoms with Crippen LogP contribution in [0.4, 0.5) is 13.2 Å². The van der Waals surface area contributed by atoms with Crippen LogP contribution in [0.15, 0.2) is 45.7 Å². The maximum atomic E-state index is 13.1. The molecule has 0 saturated heterocycles. The van der Waals surface area contributed by atoms with Crippen LogP contribution < -0.4 is 11.3 Å². The molecule has 0 spiro atoms. The summed E-state index contributed by atoms with van der Waals surface area (Å²) < 4.78 is 44.6. The molecule has 2 rings (SSSR count). The van der Waals surface area contributed by atoms with Crippen LogP contribution in [0.25, 0.3) is 0 Å². The number of hydrogen-bond acceptors (Lipinski definition) is 3. The SMILES string of the molecule is NNC(Cc1ccoc1)c1ccc(Br)cc1C(F)(F)F. The van der Waals surface area contributed by atoms with E-state index in [1.807, 2.05) is 0 Å². The van der Waals surface area contributed by atoms with Gasteiger partial charge in [-0.25, -0.2) is 0 Å². The van der Waals surface area contributed by atoms with Gasteiger partial charge in [-0.05, 0) is 35.7 Å². The molecule has 0 fully saturated rings. The maximum Gasteiger partial charge on any atom is 0.416 e. The number of hydrazine groups is 1. The molecule has 1 aromatic heterocycles. The molecule has 0 aliphatic heterocycles. The number of halogens is 4. The summed E-state index contributed by atoms with van der Waals surface area (Å²) in [5.74, 6) is 5.41. The van der Waals surface area contributed by atoms with Gasteiger partial charge in [0.05, 0.1) is 24.1 Å². The van der Waals surface area contributed by atoms with Gasteiger partial charge in [-0.1, -0.05) is 22.0 Å². The molecule has 0 radical (unpaired) electrons. The Morgan fingerprint density at radius 3 is 2.60 bits per heavy atom. The number of rotatable bonds is 4. The predicted molar refractivity (Wildman–Crippen MR) is 71.6 cm³/mol. The molecule has 0 amide bonds. The number of benzene rings is 1. The number of nitrogens with one attached hydrogen (secondary N) is 1. The van der Waals surface area contributed by atoms with E-state index in [2.05, 4.69) is 21.4 Å². The molecule has 1 heterocycles. The number of nitrogens with two attached hydrogens (primary N) is 1. The molecule has 7 heteroatoms. The van der Waals surface area contributed by atoms with Gasteiger partial charge in [0.25, 0.3) is 0 Å². The average Bonchev–Trinajstić information content (AvgIpc) is 2.88. The zero-order valence-electron chi connectivity index (χ0n) is 10.2. The molecule has 3 nitrogen and oxygen atoms in total. The van der Waals surface area contributed by atoms with Gasteiger partial charge in [0.2, 0.25) is 0 Å². The average molecular weight is 349 g/mol. The minimum Gasteiger partial charge on any atom is -0.472 e. The van der Waals surface area contributed by atoms with Gasteiger partial charge in [0, 0.05) is 4.47 Å². The first-order valence-electron chi connectivity index (χ1n) is 5.75. The van der Waals surface area contributed by atoms with Crippen molar-refractivity contribution in [3.05, 3.63) is 58.0 Å². The summed E-state index contributed by atoms with van der Waals surface area (Å²) in [5.41, 5.74) is 2.59. The Morgan fingerprint density at radius 2 is 2.05 bits per heavy atom. The lowest BCUT2D eigenvalue weighted by Gasteiger charge is -2.21. The highest BCUT2D eigenvalue weighted by atomic mass is 79.9. The van der Waals surface area contributed by atoms with E-state index in [9.17, 15) is 13.2 Å². The monoisotopic (exact) mass is 348 g/mol. The zero-order valence-corrected chi connectivity index (χ0v) is 11.8. The summed E-state index contributed by atoms with van der Waals surface area (Å²) >= 11 is 3.05. The molecule has 3 N–H and O–H groups in total. The van der Waals surface area contributed by atoms with E-state index in [1.165, 1.54) is 18.6 Å². The fourth-order valence-corrected chi connectivity index (χ4v) is 2.34. The van der Waals surface area contributed by atoms with Gasteiger partial charge >= 0.3 is 6.18 Å². The highest BCUT2D eigenvalue weighted by Crippen LogP contribution is 2.37. The van der Waals surface area contributed by atoms with Crippen molar-refractivity contribution in [1.82, 2.24) is 5.43 Å². The molecule has 0 bridgehead atoms. The Hall–Kier alpha value is -1.31. The smallest absolute Gasteiger partial charge is 0.416 e. The first-order chi connectivity index (χ1) is 9.41. The lowest BCUT2D eigenvalue weighted by molar-refractivity contribution is -0.138. The topological polar surface area (TPSA) is 51.2 Å². The second-order valence-electron chi connectivity index (χ2n) is 4.28. The van der Waals surface area contributed by atoms with Crippen molar-refractivity contribution in [2.24, 2.45) is 5.84 Å². The highest BCUT2D eigenvalue weighted by Gasteiger charge is 2.35. The Bertz CT molecular complexity index is 569. The Labute approximate surface area is 122 Å². The third-order valence-electron chi connectivity index (χ3n) is 2.92. The first-order valence-corrected chi connectivity index (χ1v) is 6.55. The standard InChI is InChI=1S/C13H12BrF3N2O/c14-9-1-2-10(11(6-9)13(15,16)17)12(19-18)5-8-3-4-20-7-8/h1-4,6-7,12,19H,5,18H2. The summed E-state index contributed by atoms with van der Waals surface area (Å²) in [6.45, 7) is 0. The van der Waals surface area contributed by atoms with Crippen LogP contribution in [-0.2, 0) is 12.6 Å². The van der Waals surface area contributed by atoms with Gasteiger partial charge in [-0.2, -0.15) is 13.2 Å². The van der Waals surface area contributed by atoms with Crippen molar-refractivity contribution >= 4 is 15.9 Å². The van der Waals surface area contributed by atoms with Crippen molar-refractivity contribution in [2.45, 2.75) is 18.6 Å². The van der Waals surface area contributed by atoms with Crippen LogP contribution in [-0.4, -0.2) is 0 Å². The van der Waals surface area contributed by atoms with E-state index in [4.69, 9.17) is 10.3 Å². The fraction of sp³-hybridized carbons (Fsp3) is 0.231. The van der Waals surface area contributed by atoms with Crippen LogP contribution >= 0.6 is 15.9 Å². The predicted octanol–water partition coefficient (Wildman–Crippen LogP) is 3.81. The van der Waals surface area contributed by atoms with Gasteiger partial charge < -0.3 is 4.42 Å². The third-order valence-corrected chi connectivity index (χ3v) is 3.41. The number of alkyl halides is 3. The van der Waals surface area contributed by atoms with Crippen LogP contribution in [0.5, 0.6) is 0 Å². The van der Waals surface area contributed by atoms with Crippen LogP contribution in [0.1, 0.15) is 22.7 Å². The van der Waals surface area contributed by atoms with Crippen molar-refractivity contribution in [2.75, 3.05) is 0 Å². The summed E-state index contributed by atoms with van der Waals surface area (Å²) in [5, 5.41) is 0. The maximum absolute atomic E-state index is 13.1. The quantitative estimate of drug-likeness (QED) is 0.652. The van der Waals surface area contributed by atoms with Gasteiger partial charge in [-0.3, -0.25) is 11.3 Å². The molecular weight excluding hydrogens is 337 g/mol. The van der Waals surface area contributed by atoms with Crippen LogP contribution in [0.2, 0.25) is 0 Å². The molecule has 1 aromatic carbocycles. The summed E-state index contributed by atoms with van der Waals surface area (Å²) in [4.78, 5) is 0. The molecule has 108 valence electrons. The first kappa shape index (κ1) is 15.1. The summed E-state index contributed by atoms with van der Waals surface area (Å²) in [6, 6.07) is 5.06. The van der Waals surface area contributed by atoms with E-state index in [0.29, 0.717) is 10.9 Å². The van der Waals surface area contributed by atoms with Crippen LogP contribution in [0, 0.1) is 0 Å². The minimum atomic E-state index is -4.44. The van der Waals surface area contributed by atoms with Crippen molar-refractivity contribution in [3.63, 3.8) is 0 Å². The Kier molecular flexibility index (Phi) is 4.52. The molecule has 1 unspecified atom stereocenters. The minimum absolute atomic E-state index is 0.101. The van der Waals surface area contributed by atoms with Gasteiger partial charge in [0.1, 0.15) is 0 Å². The summed E-state index contributed by atoms with van der Waals surface area (Å²) in [6.07, 6.45) is -1.19. The Balaban J connectivity index is 2.38. The van der Waals surface area contributed by atoms with Crippen molar-refractivity contribution < 1.29 is 17.6 Å². The zero-order chi connectivity index (χ0) is 14.8. The second-order valence-corrected chi connectivity index (χ2v) is 5.20. The molecule has 20 heavy (non-hydrogen) atoms. The molecule has 0 aliphatic rings. The van der Waals surface area contributed by atoms with Crippen molar-refractivity contribution in [1.29, 1.82) is 0 Å². The van der Waals surface area contributed by atoms with E-state index >= 15 is 0 Å². The number of furan rings is 1. The van der Waals surface area contributed by atoms with Gasteiger partial charge in [0.15, 0.2) is 0 Å². The molecule has 2 aromatic rings. The molecule has 0 aliphatic carbocycles. The molecule has 1 atom stereocenters. The summed E-state index contributed by atoms with van der Waals surface area (Å²) in [7, 11) is 0. The second kappa shape index (κ2) is 5.99. The highest BCUT2D eigenvalue weighted by molar-refractivity contribution is 9.10. The van der Waals surface area contributed by atoms with Crippen molar-refractivity contribution in [3.8, 4) is 0 Å². The fourth-order valence-electron chi connectivity index (χ4n) is 1.98. The van der Waals surface area contributed by atoms with Crippen LogP contribution in [0.3, 0.4) is 0 Å². The largest absolute Gasteiger partial charge is 0.472 e. The normalized spacial score (nSPS) is 13.4. The molecular formula is C13H12BrF3N2O.